The highest BCUT2D eigenvalue weighted by molar-refractivity contribution is 5.83. The largest absolute Gasteiger partial charge is 0.480 e. The molecule has 0 aliphatic rings. The molecule has 1 amide bonds. The third-order valence-electron chi connectivity index (χ3n) is 1.93. The van der Waals surface area contributed by atoms with Crippen molar-refractivity contribution in [3.8, 4) is 0 Å². The minimum atomic E-state index is -1.04. The van der Waals surface area contributed by atoms with Crippen molar-refractivity contribution in [3.05, 3.63) is 24.2 Å². The smallest absolute Gasteiger partial charge is 0.325 e. The minimum Gasteiger partial charge on any atom is -0.480 e. The number of carbonyl (C=O) groups is 2. The lowest BCUT2D eigenvalue weighted by Crippen LogP contribution is -2.38. The number of carboxylic acids is 1. The van der Waals surface area contributed by atoms with Crippen molar-refractivity contribution >= 4 is 11.9 Å². The maximum absolute atomic E-state index is 11.2. The maximum Gasteiger partial charge on any atom is 0.325 e. The van der Waals surface area contributed by atoms with Crippen molar-refractivity contribution in [1.82, 2.24) is 5.32 Å². The number of furan rings is 1. The number of aliphatic carboxylic acids is 1. The predicted molar refractivity (Wildman–Crippen MR) is 52.3 cm³/mol. The number of carbonyl (C=O) groups excluding carboxylic acids is 1. The summed E-state index contributed by atoms with van der Waals surface area (Å²) in [7, 11) is 0. The van der Waals surface area contributed by atoms with Crippen LogP contribution in [0, 0.1) is 0 Å². The fourth-order valence-corrected chi connectivity index (χ4v) is 1.07. The van der Waals surface area contributed by atoms with Crippen molar-refractivity contribution in [2.24, 2.45) is 0 Å². The summed E-state index contributed by atoms with van der Waals surface area (Å²) in [4.78, 5) is 21.7. The van der Waals surface area contributed by atoms with Crippen molar-refractivity contribution in [1.29, 1.82) is 0 Å². The lowest BCUT2D eigenvalue weighted by molar-refractivity contribution is -0.141. The van der Waals surface area contributed by atoms with Crippen LogP contribution in [0.15, 0.2) is 22.8 Å². The van der Waals surface area contributed by atoms with Crippen LogP contribution in [0.3, 0.4) is 0 Å². The van der Waals surface area contributed by atoms with Gasteiger partial charge in [0.15, 0.2) is 0 Å². The zero-order valence-electron chi connectivity index (χ0n) is 8.40. The van der Waals surface area contributed by atoms with E-state index < -0.39 is 12.0 Å². The number of carboxylic acid groups (broad SMARTS) is 1. The highest BCUT2D eigenvalue weighted by Crippen LogP contribution is 2.03. The first kappa shape index (κ1) is 11.3. The average Bonchev–Trinajstić information content (AvgIpc) is 2.66. The van der Waals surface area contributed by atoms with Crippen LogP contribution in [0.25, 0.3) is 0 Å². The fraction of sp³-hybridized carbons (Fsp3) is 0.400. The van der Waals surface area contributed by atoms with Crippen LogP contribution >= 0.6 is 0 Å². The van der Waals surface area contributed by atoms with Crippen molar-refractivity contribution < 1.29 is 19.1 Å². The molecule has 0 bridgehead atoms. The molecule has 1 unspecified atom stereocenters. The molecule has 5 heteroatoms. The van der Waals surface area contributed by atoms with Gasteiger partial charge in [-0.15, -0.1) is 0 Å². The van der Waals surface area contributed by atoms with Gasteiger partial charge in [-0.25, -0.2) is 0 Å². The van der Waals surface area contributed by atoms with Gasteiger partial charge in [-0.3, -0.25) is 9.59 Å². The van der Waals surface area contributed by atoms with E-state index in [1.54, 1.807) is 12.1 Å². The van der Waals surface area contributed by atoms with Gasteiger partial charge in [0.2, 0.25) is 5.91 Å². The number of aryl methyl sites for hydroxylation is 1. The second-order valence-corrected chi connectivity index (χ2v) is 3.21. The summed E-state index contributed by atoms with van der Waals surface area (Å²) >= 11 is 0. The molecule has 1 aromatic heterocycles. The molecule has 0 saturated carbocycles. The number of hydrogen-bond acceptors (Lipinski definition) is 3. The van der Waals surface area contributed by atoms with Gasteiger partial charge in [-0.1, -0.05) is 0 Å². The Hall–Kier alpha value is -1.78. The first-order chi connectivity index (χ1) is 7.09. The van der Waals surface area contributed by atoms with Crippen molar-refractivity contribution in [3.63, 3.8) is 0 Å². The standard InChI is InChI=1S/C10H13NO4/c1-7(10(13)14)11-9(12)5-4-8-3-2-6-15-8/h2-3,6-7H,4-5H2,1H3,(H,11,12)(H,13,14). The molecular formula is C10H13NO4. The first-order valence-corrected chi connectivity index (χ1v) is 4.64. The van der Waals surface area contributed by atoms with Gasteiger partial charge < -0.3 is 14.8 Å². The summed E-state index contributed by atoms with van der Waals surface area (Å²) in [6, 6.07) is 2.66. The van der Waals surface area contributed by atoms with Gasteiger partial charge in [0.05, 0.1) is 6.26 Å². The molecule has 0 aromatic carbocycles. The molecular weight excluding hydrogens is 198 g/mol. The van der Waals surface area contributed by atoms with E-state index in [-0.39, 0.29) is 12.3 Å². The molecule has 1 aromatic rings. The Morgan fingerprint density at radius 1 is 1.60 bits per heavy atom. The Bertz CT molecular complexity index is 331. The zero-order chi connectivity index (χ0) is 11.3. The number of hydrogen-bond donors (Lipinski definition) is 2. The van der Waals surface area contributed by atoms with E-state index in [1.165, 1.54) is 13.2 Å². The van der Waals surface area contributed by atoms with E-state index in [0.29, 0.717) is 12.2 Å². The molecule has 2 N–H and O–H groups in total. The number of rotatable bonds is 5. The summed E-state index contributed by atoms with van der Waals surface area (Å²) in [5.74, 6) is -0.615. The Labute approximate surface area is 87.1 Å². The molecule has 0 aliphatic carbocycles. The van der Waals surface area contributed by atoms with E-state index in [0.717, 1.165) is 0 Å². The average molecular weight is 211 g/mol. The van der Waals surface area contributed by atoms with Crippen molar-refractivity contribution in [2.45, 2.75) is 25.8 Å². The molecule has 82 valence electrons. The molecule has 1 heterocycles. The normalized spacial score (nSPS) is 12.1. The SMILES string of the molecule is CC(NC(=O)CCc1ccco1)C(=O)O. The maximum atomic E-state index is 11.2. The Balaban J connectivity index is 2.28. The third kappa shape index (κ3) is 3.84. The molecule has 0 saturated heterocycles. The Kier molecular flexibility index (Phi) is 3.91. The monoisotopic (exact) mass is 211 g/mol. The summed E-state index contributed by atoms with van der Waals surface area (Å²) in [6.45, 7) is 1.42. The molecule has 1 atom stereocenters. The van der Waals surface area contributed by atoms with Gasteiger partial charge in [-0.2, -0.15) is 0 Å². The van der Waals surface area contributed by atoms with E-state index in [2.05, 4.69) is 5.32 Å². The lowest BCUT2D eigenvalue weighted by Gasteiger charge is -2.08. The molecule has 15 heavy (non-hydrogen) atoms. The molecule has 0 fully saturated rings. The first-order valence-electron chi connectivity index (χ1n) is 4.64. The summed E-state index contributed by atoms with van der Waals surface area (Å²) in [6.07, 6.45) is 2.24. The highest BCUT2D eigenvalue weighted by atomic mass is 16.4. The van der Waals surface area contributed by atoms with E-state index >= 15 is 0 Å². The summed E-state index contributed by atoms with van der Waals surface area (Å²) in [5, 5.41) is 10.9. The molecule has 5 nitrogen and oxygen atoms in total. The van der Waals surface area contributed by atoms with Gasteiger partial charge in [0.1, 0.15) is 11.8 Å². The third-order valence-corrected chi connectivity index (χ3v) is 1.93. The number of amides is 1. The Morgan fingerprint density at radius 3 is 2.87 bits per heavy atom. The van der Waals surface area contributed by atoms with Gasteiger partial charge in [0.25, 0.3) is 0 Å². The fourth-order valence-electron chi connectivity index (χ4n) is 1.07. The molecule has 0 spiro atoms. The highest BCUT2D eigenvalue weighted by Gasteiger charge is 2.13. The van der Waals surface area contributed by atoms with Crippen LogP contribution in [0.4, 0.5) is 0 Å². The topological polar surface area (TPSA) is 79.5 Å². The van der Waals surface area contributed by atoms with Crippen LogP contribution in [-0.2, 0) is 16.0 Å². The van der Waals surface area contributed by atoms with Crippen molar-refractivity contribution in [2.75, 3.05) is 0 Å². The predicted octanol–water partition coefficient (Wildman–Crippen LogP) is 0.802. The molecule has 0 radical (unpaired) electrons. The van der Waals surface area contributed by atoms with Gasteiger partial charge >= 0.3 is 5.97 Å². The van der Waals surface area contributed by atoms with E-state index in [1.807, 2.05) is 0 Å². The second-order valence-electron chi connectivity index (χ2n) is 3.21. The van der Waals surface area contributed by atoms with E-state index in [9.17, 15) is 9.59 Å². The molecule has 0 aliphatic heterocycles. The quantitative estimate of drug-likeness (QED) is 0.755. The molecule has 1 rings (SSSR count). The summed E-state index contributed by atoms with van der Waals surface area (Å²) in [5.41, 5.74) is 0. The minimum absolute atomic E-state index is 0.227. The zero-order valence-corrected chi connectivity index (χ0v) is 8.40. The number of nitrogens with one attached hydrogen (secondary N) is 1. The Morgan fingerprint density at radius 2 is 2.33 bits per heavy atom. The van der Waals surface area contributed by atoms with E-state index in [4.69, 9.17) is 9.52 Å². The van der Waals surface area contributed by atoms with Gasteiger partial charge in [0, 0.05) is 12.8 Å². The van der Waals surface area contributed by atoms with Crippen LogP contribution in [0.5, 0.6) is 0 Å². The van der Waals surface area contributed by atoms with Crippen LogP contribution in [-0.4, -0.2) is 23.0 Å². The van der Waals surface area contributed by atoms with Crippen LogP contribution in [0.1, 0.15) is 19.1 Å². The summed E-state index contributed by atoms with van der Waals surface area (Å²) < 4.78 is 5.04. The second kappa shape index (κ2) is 5.19. The van der Waals surface area contributed by atoms with Crippen LogP contribution < -0.4 is 5.32 Å². The lowest BCUT2D eigenvalue weighted by atomic mass is 10.2. The van der Waals surface area contributed by atoms with Crippen LogP contribution in [0.2, 0.25) is 0 Å². The van der Waals surface area contributed by atoms with Gasteiger partial charge in [-0.05, 0) is 19.1 Å².